The number of fused-ring (bicyclic) bond motifs is 3. The van der Waals surface area contributed by atoms with Crippen LogP contribution in [0.3, 0.4) is 0 Å². The average Bonchev–Trinajstić information content (AvgIpc) is 1.55. The van der Waals surface area contributed by atoms with Gasteiger partial charge in [0.1, 0.15) is 178 Å². The van der Waals surface area contributed by atoms with Gasteiger partial charge in [-0.1, -0.05) is 32.0 Å². The van der Waals surface area contributed by atoms with E-state index in [1.54, 1.807) is 6.92 Å². The number of H-pyrrole nitrogens is 1. The maximum atomic E-state index is 14.8. The summed E-state index contributed by atoms with van der Waals surface area (Å²) in [5.41, 5.74) is 1.08. The van der Waals surface area contributed by atoms with Crippen LogP contribution in [0.25, 0.3) is 10.9 Å². The Morgan fingerprint density at radius 2 is 0.698 bits per heavy atom. The van der Waals surface area contributed by atoms with E-state index in [1.165, 1.54) is 0 Å². The zero-order valence-corrected chi connectivity index (χ0v) is 51.6. The number of esters is 1. The molecular weight excluding hydrogens is 1300 g/mol. The van der Waals surface area contributed by atoms with Crippen molar-refractivity contribution >= 4 is 16.9 Å². The predicted molar refractivity (Wildman–Crippen MR) is 302 cm³/mol. The normalized spacial score (nSPS) is 49.0. The zero-order valence-electron chi connectivity index (χ0n) is 51.6. The number of aryl methyl sites for hydroxylation is 1. The van der Waals surface area contributed by atoms with E-state index in [4.69, 9.17) is 75.8 Å². The van der Waals surface area contributed by atoms with Crippen molar-refractivity contribution < 1.29 is 183 Å². The van der Waals surface area contributed by atoms with Crippen LogP contribution in [0.2, 0.25) is 0 Å². The first-order valence-corrected chi connectivity index (χ1v) is 31.7. The predicted octanol–water partition coefficient (Wildman–Crippen LogP) is -11.8. The average molecular weight is 1390 g/mol. The van der Waals surface area contributed by atoms with Gasteiger partial charge in [-0.25, -0.2) is 4.79 Å². The van der Waals surface area contributed by atoms with Gasteiger partial charge in [-0.3, -0.25) is 0 Å². The monoisotopic (exact) mass is 1390 g/mol. The third-order valence-corrected chi connectivity index (χ3v) is 19.3. The molecule has 36 atom stereocenters. The summed E-state index contributed by atoms with van der Waals surface area (Å²) in [6.45, 7) is -3.72. The van der Waals surface area contributed by atoms with Crippen molar-refractivity contribution in [1.29, 1.82) is 0 Å². The molecule has 14 bridgehead atoms. The van der Waals surface area contributed by atoms with E-state index in [9.17, 15) is 107 Å². The quantitative estimate of drug-likeness (QED) is 0.0929. The summed E-state index contributed by atoms with van der Waals surface area (Å²) >= 11 is 0. The molecule has 546 valence electrons. The first-order valence-electron chi connectivity index (χ1n) is 31.7. The number of aromatic nitrogens is 1. The van der Waals surface area contributed by atoms with E-state index in [0.717, 1.165) is 22.0 Å². The first kappa shape index (κ1) is 74.0. The van der Waals surface area contributed by atoms with Crippen molar-refractivity contribution in [3.63, 3.8) is 0 Å². The molecule has 0 radical (unpaired) electrons. The zero-order chi connectivity index (χ0) is 69.1. The third-order valence-electron chi connectivity index (χ3n) is 19.3. The lowest BCUT2D eigenvalue weighted by atomic mass is 9.89. The number of hydrogen-bond acceptors (Lipinski definition) is 37. The van der Waals surface area contributed by atoms with Gasteiger partial charge in [0, 0.05) is 10.9 Å². The molecule has 22 aliphatic heterocycles. The fourth-order valence-electron chi connectivity index (χ4n) is 13.9. The largest absolute Gasteiger partial charge is 0.460 e. The smallest absolute Gasteiger partial charge is 0.344 e. The van der Waals surface area contributed by atoms with Gasteiger partial charge in [-0.2, -0.15) is 0 Å². The molecule has 21 saturated heterocycles. The molecule has 0 aliphatic carbocycles. The van der Waals surface area contributed by atoms with Crippen molar-refractivity contribution in [2.75, 3.05) is 52.9 Å². The summed E-state index contributed by atoms with van der Waals surface area (Å²) in [5.74, 6) is -0.995. The van der Waals surface area contributed by atoms with E-state index < -0.39 is 273 Å². The summed E-state index contributed by atoms with van der Waals surface area (Å²) in [7, 11) is 0. The topological polar surface area (TPSA) is 585 Å². The lowest BCUT2D eigenvalue weighted by molar-refractivity contribution is -0.396. The molecule has 96 heavy (non-hydrogen) atoms. The van der Waals surface area contributed by atoms with Crippen LogP contribution in [0.1, 0.15) is 37.1 Å². The van der Waals surface area contributed by atoms with Gasteiger partial charge in [0.25, 0.3) is 0 Å². The van der Waals surface area contributed by atoms with Crippen LogP contribution in [0.4, 0.5) is 0 Å². The lowest BCUT2D eigenvalue weighted by Crippen LogP contribution is -2.68. The van der Waals surface area contributed by atoms with Crippen molar-refractivity contribution in [2.45, 2.75) is 254 Å². The Kier molecular flexibility index (Phi) is 23.8. The van der Waals surface area contributed by atoms with E-state index in [2.05, 4.69) is 4.98 Å². The fourth-order valence-corrected chi connectivity index (χ4v) is 13.9. The highest BCUT2D eigenvalue weighted by Gasteiger charge is 2.60. The standard InChI is InChI=1S/C58H87NO37/c1-3-17-6-5-7-18-19-8-9-82-58(4-2,49(19)59-27(17)18)57(80)81-16-26-48-34(72)41(79)56(89-26)95-47-25(15-65)87-54(39(77)32(47)70)93-45-23(13-63)85-52(37(75)30(45)68)91-43-21(11-61)83-50(35(73)28(43)66)90-42-20(10-60)84-51(36(74)29(42)67)92-44-22(12-62)86-53(38(76)31(44)69)94-46-24(14-64)88-55(96-48)40(78)33(46)71/h5-7,20-26,28-48,50-56,59-79H,3-4,8-16H2,1-2H3/t20-,21-,22-,23-,24-,25-,26+,28-,29-,30-,31-,32-,33-,34+,35-,36-,37-,38-,39-,40-,41+,42-,43-,44-,45-,46-,47-,48+,50-,51-,52-,53-,54-,55-,56+,58-/m1/s1. The molecule has 23 heterocycles. The lowest BCUT2D eigenvalue weighted by Gasteiger charge is -2.50. The Hall–Kier alpha value is -3.17. The third kappa shape index (κ3) is 13.6. The molecule has 21 N–H and O–H groups in total. The fraction of sp³-hybridized carbons (Fsp3) is 0.845. The maximum Gasteiger partial charge on any atom is 0.344 e. The Morgan fingerprint density at radius 3 is 0.969 bits per heavy atom. The number of aliphatic hydroxyl groups excluding tert-OH is 20. The van der Waals surface area contributed by atoms with Gasteiger partial charge in [-0.15, -0.1) is 0 Å². The van der Waals surface area contributed by atoms with Gasteiger partial charge < -0.3 is 183 Å². The molecule has 22 aliphatic rings. The molecule has 21 fully saturated rings. The molecule has 0 spiro atoms. The number of para-hydroxylation sites is 1. The minimum Gasteiger partial charge on any atom is -0.460 e. The second kappa shape index (κ2) is 30.8. The molecule has 1 aromatic carbocycles. The highest BCUT2D eigenvalue weighted by Crippen LogP contribution is 2.43. The summed E-state index contributed by atoms with van der Waals surface area (Å²) in [4.78, 5) is 18.1. The maximum absolute atomic E-state index is 14.8. The second-order valence-electron chi connectivity index (χ2n) is 25.0. The number of carbonyl (C=O) groups is 1. The summed E-state index contributed by atoms with van der Waals surface area (Å²) < 4.78 is 94.1. The number of nitrogens with one attached hydrogen (secondary N) is 1. The number of ether oxygens (including phenoxy) is 16. The Balaban J connectivity index is 0.902. The summed E-state index contributed by atoms with van der Waals surface area (Å²) in [6, 6.07) is 5.69. The number of benzene rings is 1. The van der Waals surface area contributed by atoms with E-state index in [1.807, 2.05) is 25.1 Å². The van der Waals surface area contributed by atoms with Gasteiger partial charge >= 0.3 is 5.97 Å². The molecule has 0 saturated carbocycles. The molecule has 1 aromatic heterocycles. The molecular formula is C58H87NO37. The SMILES string of the molecule is CCc1cccc2c3c([nH]c12)[C@](CC)(C(=O)OC[C@@H]1O[C@H]2O[C@H]4[C@H](O)[C@@H](O)[C@@H](O[C@H]5[C@H](O)[C@@H](O)[C@@H](O[C@H]6[C@H](O)[C@@H](O)[C@@H](O[C@H]7[C@H](O)[C@@H](O)[C@@H](O[C@H]8[C@H](O)[C@@H](O)[C@@H](O[C@H]9[C@H](O)[C@@H](O)[C@@H](O[C@@H]1[C@@H](O)[C@@H]2O)O[C@@H]9CO)O[C@@H]8CO)O[C@@H]7CO)O[C@@H]6CO)O[C@@H]5CO)O[C@@H]4CO)OCC3. The highest BCUT2D eigenvalue weighted by atomic mass is 16.8. The minimum atomic E-state index is -2.31. The summed E-state index contributed by atoms with van der Waals surface area (Å²) in [5, 5.41) is 227. The van der Waals surface area contributed by atoms with Crippen molar-refractivity contribution in [2.24, 2.45) is 0 Å². The van der Waals surface area contributed by atoms with Crippen LogP contribution in [0.15, 0.2) is 18.2 Å². The molecule has 0 amide bonds. The van der Waals surface area contributed by atoms with Gasteiger partial charge in [0.15, 0.2) is 44.0 Å². The van der Waals surface area contributed by atoms with Crippen molar-refractivity contribution in [1.82, 2.24) is 4.98 Å². The van der Waals surface area contributed by atoms with Crippen LogP contribution >= 0.6 is 0 Å². The van der Waals surface area contributed by atoms with Crippen LogP contribution in [0.5, 0.6) is 0 Å². The van der Waals surface area contributed by atoms with Crippen LogP contribution < -0.4 is 0 Å². The van der Waals surface area contributed by atoms with E-state index in [-0.39, 0.29) is 13.0 Å². The number of aromatic amines is 1. The molecule has 2 aromatic rings. The minimum absolute atomic E-state index is 0.00154. The second-order valence-corrected chi connectivity index (χ2v) is 25.0. The van der Waals surface area contributed by atoms with Gasteiger partial charge in [-0.05, 0) is 30.4 Å². The highest BCUT2D eigenvalue weighted by molar-refractivity contribution is 5.91. The molecule has 24 rings (SSSR count). The van der Waals surface area contributed by atoms with Crippen LogP contribution in [-0.4, -0.2) is 381 Å². The molecule has 38 nitrogen and oxygen atoms in total. The van der Waals surface area contributed by atoms with Crippen LogP contribution in [-0.2, 0) is 99.0 Å². The molecule has 38 heteroatoms. The van der Waals surface area contributed by atoms with Gasteiger partial charge in [0.05, 0.1) is 51.9 Å². The van der Waals surface area contributed by atoms with Crippen LogP contribution in [0, 0.1) is 0 Å². The Bertz CT molecular complexity index is 2850. The number of aliphatic hydroxyl groups is 20. The van der Waals surface area contributed by atoms with Crippen molar-refractivity contribution in [3.8, 4) is 0 Å². The first-order chi connectivity index (χ1) is 45.9. The number of hydrogen-bond donors (Lipinski definition) is 21. The van der Waals surface area contributed by atoms with E-state index in [0.29, 0.717) is 18.5 Å². The summed E-state index contributed by atoms with van der Waals surface area (Å²) in [6.07, 6.45) is -71.3. The van der Waals surface area contributed by atoms with E-state index >= 15 is 0 Å². The van der Waals surface area contributed by atoms with Crippen molar-refractivity contribution in [3.05, 3.63) is 35.0 Å². The molecule has 0 unspecified atom stereocenters. The Labute approximate surface area is 544 Å². The number of rotatable bonds is 11. The van der Waals surface area contributed by atoms with Gasteiger partial charge in [0.2, 0.25) is 5.60 Å². The number of carbonyl (C=O) groups excluding carboxylic acids is 1. The Morgan fingerprint density at radius 1 is 0.417 bits per heavy atom.